The molecule has 1 saturated heterocycles. The van der Waals surface area contributed by atoms with Crippen molar-refractivity contribution in [3.63, 3.8) is 0 Å². The lowest BCUT2D eigenvalue weighted by Gasteiger charge is -2.37. The fourth-order valence-electron chi connectivity index (χ4n) is 3.55. The monoisotopic (exact) mass is 433 g/mol. The molecule has 1 aromatic heterocycles. The van der Waals surface area contributed by atoms with Crippen LogP contribution in [-0.2, 0) is 11.2 Å². The van der Waals surface area contributed by atoms with Crippen LogP contribution in [-0.4, -0.2) is 56.4 Å². The Labute approximate surface area is 181 Å². The Morgan fingerprint density at radius 3 is 2.38 bits per heavy atom. The number of rotatable bonds is 5. The predicted octanol–water partition coefficient (Wildman–Crippen LogP) is 3.93. The van der Waals surface area contributed by atoms with Crippen molar-refractivity contribution in [1.29, 1.82) is 0 Å². The summed E-state index contributed by atoms with van der Waals surface area (Å²) in [5, 5.41) is 4.72. The zero-order chi connectivity index (χ0) is 21.0. The van der Waals surface area contributed by atoms with Crippen LogP contribution in [0, 0.1) is 6.92 Å². The molecule has 1 fully saturated rings. The first-order valence-electron chi connectivity index (χ1n) is 9.64. The molecule has 0 bridgehead atoms. The van der Waals surface area contributed by atoms with Gasteiger partial charge in [-0.2, -0.15) is 0 Å². The van der Waals surface area contributed by atoms with Crippen molar-refractivity contribution in [3.05, 3.63) is 40.3 Å². The number of thiophene rings is 1. The van der Waals surface area contributed by atoms with Gasteiger partial charge in [-0.05, 0) is 55.4 Å². The fraction of sp³-hybridized carbons (Fsp3) is 0.429. The molecule has 0 radical (unpaired) electrons. The van der Waals surface area contributed by atoms with E-state index in [1.807, 2.05) is 26.0 Å². The molecule has 8 heteroatoms. The Kier molecular flexibility index (Phi) is 6.97. The van der Waals surface area contributed by atoms with Crippen molar-refractivity contribution >= 4 is 45.3 Å². The van der Waals surface area contributed by atoms with Gasteiger partial charge in [0.25, 0.3) is 0 Å². The van der Waals surface area contributed by atoms with Crippen molar-refractivity contribution < 1.29 is 14.3 Å². The number of benzene rings is 1. The highest BCUT2D eigenvalue weighted by molar-refractivity contribution is 7.80. The molecule has 2 heterocycles. The molecule has 1 aliphatic rings. The maximum absolute atomic E-state index is 12.3. The molecule has 156 valence electrons. The van der Waals surface area contributed by atoms with Gasteiger partial charge in [-0.25, -0.2) is 4.79 Å². The maximum Gasteiger partial charge on any atom is 0.341 e. The van der Waals surface area contributed by atoms with Crippen LogP contribution < -0.4 is 15.0 Å². The summed E-state index contributed by atoms with van der Waals surface area (Å²) < 4.78 is 10.2. The summed E-state index contributed by atoms with van der Waals surface area (Å²) in [4.78, 5) is 17.9. The second kappa shape index (κ2) is 9.45. The number of piperazine rings is 1. The van der Waals surface area contributed by atoms with Gasteiger partial charge in [0.15, 0.2) is 5.11 Å². The number of aryl methyl sites for hydroxylation is 1. The Morgan fingerprint density at radius 2 is 1.83 bits per heavy atom. The number of carbonyl (C=O) groups is 1. The summed E-state index contributed by atoms with van der Waals surface area (Å²) in [7, 11) is 3.08. The quantitative estimate of drug-likeness (QED) is 0.566. The Bertz CT molecular complexity index is 872. The number of thiocarbonyl (C=S) groups is 1. The molecular weight excluding hydrogens is 406 g/mol. The van der Waals surface area contributed by atoms with Crippen LogP contribution in [0.15, 0.2) is 24.3 Å². The van der Waals surface area contributed by atoms with Crippen molar-refractivity contribution in [3.8, 4) is 5.75 Å². The number of hydrogen-bond acceptors (Lipinski definition) is 6. The second-order valence-electron chi connectivity index (χ2n) is 6.79. The average molecular weight is 434 g/mol. The topological polar surface area (TPSA) is 54.0 Å². The molecule has 29 heavy (non-hydrogen) atoms. The summed E-state index contributed by atoms with van der Waals surface area (Å²) >= 11 is 7.20. The summed E-state index contributed by atoms with van der Waals surface area (Å²) in [5.74, 6) is 0.540. The number of anilines is 2. The number of hydrogen-bond donors (Lipinski definition) is 1. The zero-order valence-corrected chi connectivity index (χ0v) is 18.9. The van der Waals surface area contributed by atoms with E-state index < -0.39 is 0 Å². The zero-order valence-electron chi connectivity index (χ0n) is 17.3. The summed E-state index contributed by atoms with van der Waals surface area (Å²) in [5.41, 5.74) is 2.81. The van der Waals surface area contributed by atoms with Crippen LogP contribution in [0.25, 0.3) is 0 Å². The molecule has 1 aliphatic heterocycles. The first-order chi connectivity index (χ1) is 14.0. The third kappa shape index (κ3) is 4.64. The Balaban J connectivity index is 1.65. The molecule has 0 unspecified atom stereocenters. The van der Waals surface area contributed by atoms with Crippen LogP contribution in [0.4, 0.5) is 10.7 Å². The van der Waals surface area contributed by atoms with E-state index in [0.717, 1.165) is 53.8 Å². The first kappa shape index (κ1) is 21.4. The van der Waals surface area contributed by atoms with Crippen LogP contribution in [0.5, 0.6) is 5.75 Å². The molecule has 6 nitrogen and oxygen atoms in total. The molecular formula is C21H27N3O3S2. The fourth-order valence-corrected chi connectivity index (χ4v) is 5.03. The highest BCUT2D eigenvalue weighted by atomic mass is 32.1. The van der Waals surface area contributed by atoms with Gasteiger partial charge in [0.1, 0.15) is 10.8 Å². The number of methoxy groups -OCH3 is 2. The molecule has 0 aliphatic carbocycles. The minimum atomic E-state index is -0.319. The number of nitrogens with zero attached hydrogens (tertiary/aromatic N) is 2. The highest BCUT2D eigenvalue weighted by Gasteiger charge is 2.25. The van der Waals surface area contributed by atoms with Gasteiger partial charge in [0.2, 0.25) is 0 Å². The summed E-state index contributed by atoms with van der Waals surface area (Å²) in [6.45, 7) is 7.45. The highest BCUT2D eigenvalue weighted by Crippen LogP contribution is 2.34. The standard InChI is InChI=1S/C21H27N3O3S2/c1-5-17-14(2)29-19(18(17)20(25)27-4)22-21(28)24-12-10-23(11-13-24)15-6-8-16(26-3)9-7-15/h6-9H,5,10-13H2,1-4H3,(H,22,28). The van der Waals surface area contributed by atoms with Crippen LogP contribution >= 0.6 is 23.6 Å². The molecule has 0 spiro atoms. The molecule has 0 amide bonds. The number of ether oxygens (including phenoxy) is 2. The van der Waals surface area contributed by atoms with E-state index in [9.17, 15) is 4.79 Å². The van der Waals surface area contributed by atoms with E-state index in [2.05, 4.69) is 27.2 Å². The van der Waals surface area contributed by atoms with Crippen molar-refractivity contribution in [1.82, 2.24) is 4.90 Å². The molecule has 1 aromatic carbocycles. The lowest BCUT2D eigenvalue weighted by molar-refractivity contribution is 0.0601. The Hall–Kier alpha value is -2.32. The van der Waals surface area contributed by atoms with Gasteiger partial charge in [-0.3, -0.25) is 0 Å². The lowest BCUT2D eigenvalue weighted by Crippen LogP contribution is -2.50. The molecule has 3 rings (SSSR count). The van der Waals surface area contributed by atoms with E-state index in [-0.39, 0.29) is 5.97 Å². The van der Waals surface area contributed by atoms with Crippen LogP contribution in [0.3, 0.4) is 0 Å². The van der Waals surface area contributed by atoms with Crippen molar-refractivity contribution in [2.24, 2.45) is 0 Å². The lowest BCUT2D eigenvalue weighted by atomic mass is 10.1. The van der Waals surface area contributed by atoms with Crippen LogP contribution in [0.1, 0.15) is 27.7 Å². The van der Waals surface area contributed by atoms with Gasteiger partial charge in [-0.1, -0.05) is 6.92 Å². The van der Waals surface area contributed by atoms with Gasteiger partial charge in [-0.15, -0.1) is 11.3 Å². The minimum Gasteiger partial charge on any atom is -0.497 e. The normalized spacial score (nSPS) is 13.9. The average Bonchev–Trinajstić information content (AvgIpc) is 3.07. The number of carbonyl (C=O) groups excluding carboxylic acids is 1. The maximum atomic E-state index is 12.3. The van der Waals surface area contributed by atoms with Gasteiger partial charge < -0.3 is 24.6 Å². The third-order valence-corrected chi connectivity index (χ3v) is 6.60. The SMILES string of the molecule is CCc1c(C)sc(NC(=S)N2CCN(c3ccc(OC)cc3)CC2)c1C(=O)OC. The number of nitrogens with one attached hydrogen (secondary N) is 1. The van der Waals surface area contributed by atoms with E-state index in [0.29, 0.717) is 10.7 Å². The molecule has 0 atom stereocenters. The van der Waals surface area contributed by atoms with E-state index in [1.54, 1.807) is 18.4 Å². The van der Waals surface area contributed by atoms with E-state index >= 15 is 0 Å². The van der Waals surface area contributed by atoms with Gasteiger partial charge in [0, 0.05) is 36.7 Å². The van der Waals surface area contributed by atoms with Gasteiger partial charge >= 0.3 is 5.97 Å². The van der Waals surface area contributed by atoms with Crippen LogP contribution in [0.2, 0.25) is 0 Å². The summed E-state index contributed by atoms with van der Waals surface area (Å²) in [6.07, 6.45) is 0.780. The van der Waals surface area contributed by atoms with E-state index in [4.69, 9.17) is 21.7 Å². The predicted molar refractivity (Wildman–Crippen MR) is 123 cm³/mol. The largest absolute Gasteiger partial charge is 0.497 e. The minimum absolute atomic E-state index is 0.319. The molecule has 0 saturated carbocycles. The van der Waals surface area contributed by atoms with E-state index in [1.165, 1.54) is 12.8 Å². The van der Waals surface area contributed by atoms with Gasteiger partial charge in [0.05, 0.1) is 19.8 Å². The Morgan fingerprint density at radius 1 is 1.17 bits per heavy atom. The second-order valence-corrected chi connectivity index (χ2v) is 8.40. The number of esters is 1. The summed E-state index contributed by atoms with van der Waals surface area (Å²) in [6, 6.07) is 8.11. The molecule has 2 aromatic rings. The van der Waals surface area contributed by atoms with Crippen molar-refractivity contribution in [2.75, 3.05) is 50.6 Å². The third-order valence-electron chi connectivity index (χ3n) is 5.18. The smallest absolute Gasteiger partial charge is 0.341 e. The molecule has 1 N–H and O–H groups in total. The first-order valence-corrected chi connectivity index (χ1v) is 10.9. The van der Waals surface area contributed by atoms with Crippen molar-refractivity contribution in [2.45, 2.75) is 20.3 Å².